The van der Waals surface area contributed by atoms with Crippen LogP contribution in [0.3, 0.4) is 0 Å². The highest BCUT2D eigenvalue weighted by Crippen LogP contribution is 2.48. The lowest BCUT2D eigenvalue weighted by Crippen LogP contribution is -2.60. The molecule has 0 aliphatic carbocycles. The molecule has 5 rings (SSSR count). The van der Waals surface area contributed by atoms with E-state index >= 15 is 0 Å². The number of nitrogens with zero attached hydrogens (tertiary/aromatic N) is 5. The molecule has 2 unspecified atom stereocenters. The Hall–Kier alpha value is -2.09. The third-order valence-corrected chi connectivity index (χ3v) is 9.03. The Morgan fingerprint density at radius 3 is 2.63 bits per heavy atom. The Bertz CT molecular complexity index is 1220. The number of thiophene rings is 1. The van der Waals surface area contributed by atoms with Gasteiger partial charge in [-0.1, -0.05) is 11.6 Å². The first kappa shape index (κ1) is 24.6. The van der Waals surface area contributed by atoms with Crippen LogP contribution in [0.1, 0.15) is 39.9 Å². The van der Waals surface area contributed by atoms with Crippen LogP contribution in [0.25, 0.3) is 0 Å². The fourth-order valence-electron chi connectivity index (χ4n) is 4.22. The fraction of sp³-hybridized carbons (Fsp3) is 0.429. The Labute approximate surface area is 215 Å². The van der Waals surface area contributed by atoms with Crippen LogP contribution in [-0.4, -0.2) is 62.3 Å². The maximum absolute atomic E-state index is 13.8. The summed E-state index contributed by atoms with van der Waals surface area (Å²) >= 11 is 9.89. The lowest BCUT2D eigenvalue weighted by Gasteiger charge is -2.48. The van der Waals surface area contributed by atoms with Gasteiger partial charge in [-0.3, -0.25) is 4.79 Å². The molecular formula is C21H19ClF3N5O2S3. The topological polar surface area (TPSA) is 71.3 Å². The average Bonchev–Trinajstić information content (AvgIpc) is 3.58. The number of thioether (sulfide) groups is 1. The van der Waals surface area contributed by atoms with E-state index < -0.39 is 36.6 Å². The summed E-state index contributed by atoms with van der Waals surface area (Å²) in [7, 11) is 0. The van der Waals surface area contributed by atoms with E-state index in [1.165, 1.54) is 50.9 Å². The van der Waals surface area contributed by atoms with Crippen LogP contribution in [0.2, 0.25) is 4.34 Å². The van der Waals surface area contributed by atoms with Crippen molar-refractivity contribution in [2.45, 2.75) is 35.8 Å². The van der Waals surface area contributed by atoms with Crippen molar-refractivity contribution in [1.82, 2.24) is 24.6 Å². The second kappa shape index (κ2) is 9.75. The summed E-state index contributed by atoms with van der Waals surface area (Å²) in [6, 6.07) is 3.39. The van der Waals surface area contributed by atoms with E-state index in [1.807, 2.05) is 6.07 Å². The first-order chi connectivity index (χ1) is 16.7. The van der Waals surface area contributed by atoms with E-state index in [0.717, 1.165) is 22.4 Å². The van der Waals surface area contributed by atoms with Crippen molar-refractivity contribution in [1.29, 1.82) is 0 Å². The first-order valence-electron chi connectivity index (χ1n) is 10.7. The normalized spacial score (nSPS) is 20.3. The molecule has 0 bridgehead atoms. The van der Waals surface area contributed by atoms with Crippen LogP contribution in [0.15, 0.2) is 34.1 Å². The van der Waals surface area contributed by atoms with Gasteiger partial charge in [0, 0.05) is 35.6 Å². The Morgan fingerprint density at radius 2 is 2.00 bits per heavy atom. The maximum atomic E-state index is 13.8. The van der Waals surface area contributed by atoms with Crippen LogP contribution in [0, 0.1) is 5.92 Å². The molecule has 5 heterocycles. The van der Waals surface area contributed by atoms with Crippen molar-refractivity contribution < 1.29 is 22.8 Å². The van der Waals surface area contributed by atoms with Crippen LogP contribution < -0.4 is 0 Å². The van der Waals surface area contributed by atoms with Crippen molar-refractivity contribution in [3.8, 4) is 0 Å². The van der Waals surface area contributed by atoms with Gasteiger partial charge in [-0.05, 0) is 31.0 Å². The molecule has 3 aromatic heterocycles. The molecule has 2 aliphatic rings. The monoisotopic (exact) mass is 561 g/mol. The van der Waals surface area contributed by atoms with E-state index in [0.29, 0.717) is 28.2 Å². The minimum Gasteiger partial charge on any atom is -0.325 e. The number of rotatable bonds is 5. The Kier molecular flexibility index (Phi) is 6.85. The van der Waals surface area contributed by atoms with Gasteiger partial charge in [-0.25, -0.2) is 9.78 Å². The second-order valence-electron chi connectivity index (χ2n) is 8.21. The predicted octanol–water partition coefficient (Wildman–Crippen LogP) is 5.79. The number of carbonyl (C=O) groups is 2. The largest absolute Gasteiger partial charge is 0.395 e. The summed E-state index contributed by atoms with van der Waals surface area (Å²) in [5.74, 6) is -1.83. The maximum Gasteiger partial charge on any atom is 0.395 e. The average molecular weight is 562 g/mol. The molecule has 7 nitrogen and oxygen atoms in total. The van der Waals surface area contributed by atoms with Crippen LogP contribution >= 0.6 is 46.0 Å². The van der Waals surface area contributed by atoms with Gasteiger partial charge in [0.1, 0.15) is 10.7 Å². The number of urea groups is 1. The molecule has 2 amide bonds. The van der Waals surface area contributed by atoms with E-state index in [9.17, 15) is 22.8 Å². The number of amides is 2. The van der Waals surface area contributed by atoms with Gasteiger partial charge in [0.05, 0.1) is 27.5 Å². The highest BCUT2D eigenvalue weighted by atomic mass is 35.5. The molecule has 0 spiro atoms. The van der Waals surface area contributed by atoms with Crippen molar-refractivity contribution in [2.24, 2.45) is 5.92 Å². The van der Waals surface area contributed by atoms with Crippen LogP contribution in [0.5, 0.6) is 0 Å². The zero-order valence-corrected chi connectivity index (χ0v) is 21.3. The first-order valence-corrected chi connectivity index (χ1v) is 13.9. The summed E-state index contributed by atoms with van der Waals surface area (Å²) < 4.78 is 43.2. The van der Waals surface area contributed by atoms with Crippen molar-refractivity contribution in [3.05, 3.63) is 49.7 Å². The smallest absolute Gasteiger partial charge is 0.325 e. The van der Waals surface area contributed by atoms with Crippen LogP contribution in [0.4, 0.5) is 18.0 Å². The van der Waals surface area contributed by atoms with E-state index in [4.69, 9.17) is 11.6 Å². The number of alkyl halides is 3. The number of hydrogen-bond acceptors (Lipinski definition) is 7. The summed E-state index contributed by atoms with van der Waals surface area (Å²) in [6.45, 7) is 0.631. The number of carbonyl (C=O) groups excluding carboxylic acids is 2. The molecule has 14 heteroatoms. The van der Waals surface area contributed by atoms with Crippen molar-refractivity contribution in [2.75, 3.05) is 19.6 Å². The third kappa shape index (κ3) is 4.95. The highest BCUT2D eigenvalue weighted by Gasteiger charge is 2.58. The molecule has 3 aromatic rings. The van der Waals surface area contributed by atoms with Gasteiger partial charge in [0.2, 0.25) is 0 Å². The SMILES string of the molecule is O=C(N1CCCC1)N1CC(C(F)(F)F)C1c1cc(SCc2ccc(Cl)s2)n(C(=O)c2cscn2)n1. The van der Waals surface area contributed by atoms with Crippen molar-refractivity contribution in [3.63, 3.8) is 0 Å². The number of hydrogen-bond donors (Lipinski definition) is 0. The molecular weight excluding hydrogens is 543 g/mol. The molecule has 186 valence electrons. The van der Waals surface area contributed by atoms with Gasteiger partial charge in [-0.2, -0.15) is 23.0 Å². The number of likely N-dealkylation sites (tertiary alicyclic amines) is 2. The van der Waals surface area contributed by atoms with Gasteiger partial charge >= 0.3 is 12.2 Å². The Morgan fingerprint density at radius 1 is 1.23 bits per heavy atom. The van der Waals surface area contributed by atoms with Crippen LogP contribution in [-0.2, 0) is 5.75 Å². The molecule has 2 saturated heterocycles. The number of aromatic nitrogens is 3. The predicted molar refractivity (Wildman–Crippen MR) is 128 cm³/mol. The van der Waals surface area contributed by atoms with Crippen molar-refractivity contribution >= 4 is 58.0 Å². The molecule has 0 aromatic carbocycles. The number of halogens is 4. The number of thiazole rings is 1. The molecule has 2 atom stereocenters. The Balaban J connectivity index is 1.48. The van der Waals surface area contributed by atoms with Gasteiger partial charge < -0.3 is 9.80 Å². The summed E-state index contributed by atoms with van der Waals surface area (Å²) in [5, 5.41) is 6.24. The van der Waals surface area contributed by atoms with Gasteiger partial charge in [0.25, 0.3) is 5.91 Å². The molecule has 2 fully saturated rings. The molecule has 35 heavy (non-hydrogen) atoms. The standard InChI is InChI=1S/C21H19ClF3N5O2S3/c22-16-4-3-12(35-16)9-34-17-7-14(27-30(17)19(31)15-10-33-11-26-15)18-13(21(23,24)25)8-29(18)20(32)28-5-1-2-6-28/h3-4,7,10-11,13,18H,1-2,5-6,8-9H2. The fourth-order valence-corrected chi connectivity index (χ4v) is 6.87. The zero-order valence-electron chi connectivity index (χ0n) is 18.1. The molecule has 0 N–H and O–H groups in total. The van der Waals surface area contributed by atoms with Gasteiger partial charge in [0.15, 0.2) is 0 Å². The van der Waals surface area contributed by atoms with E-state index in [-0.39, 0.29) is 11.4 Å². The quantitative estimate of drug-likeness (QED) is 0.369. The molecule has 2 aliphatic heterocycles. The molecule has 0 radical (unpaired) electrons. The lowest BCUT2D eigenvalue weighted by atomic mass is 9.86. The van der Waals surface area contributed by atoms with E-state index in [2.05, 4.69) is 10.1 Å². The summed E-state index contributed by atoms with van der Waals surface area (Å²) in [4.78, 5) is 33.8. The lowest BCUT2D eigenvalue weighted by molar-refractivity contribution is -0.224. The minimum absolute atomic E-state index is 0.0430. The summed E-state index contributed by atoms with van der Waals surface area (Å²) in [6.07, 6.45) is -2.84. The highest BCUT2D eigenvalue weighted by molar-refractivity contribution is 7.98. The minimum atomic E-state index is -4.50. The molecule has 0 saturated carbocycles. The third-order valence-electron chi connectivity index (χ3n) is 5.99. The van der Waals surface area contributed by atoms with E-state index in [1.54, 1.807) is 16.3 Å². The second-order valence-corrected chi connectivity index (χ2v) is 11.7. The zero-order chi connectivity index (χ0) is 24.7. The summed E-state index contributed by atoms with van der Waals surface area (Å²) in [5.41, 5.74) is 1.69. The van der Waals surface area contributed by atoms with Gasteiger partial charge in [-0.15, -0.1) is 34.4 Å².